The van der Waals surface area contributed by atoms with Crippen LogP contribution in [-0.4, -0.2) is 34.5 Å². The van der Waals surface area contributed by atoms with Crippen molar-refractivity contribution in [1.29, 1.82) is 0 Å². The van der Waals surface area contributed by atoms with Gasteiger partial charge in [0.15, 0.2) is 0 Å². The summed E-state index contributed by atoms with van der Waals surface area (Å²) in [5, 5.41) is 11.1. The van der Waals surface area contributed by atoms with Gasteiger partial charge in [-0.1, -0.05) is 87.2 Å². The van der Waals surface area contributed by atoms with E-state index in [1.54, 1.807) is 12.1 Å². The van der Waals surface area contributed by atoms with E-state index in [1.807, 2.05) is 66.8 Å². The van der Waals surface area contributed by atoms with Crippen LogP contribution in [-0.2, 0) is 10.0 Å². The summed E-state index contributed by atoms with van der Waals surface area (Å²) in [4.78, 5) is 0.185. The number of aliphatic hydroxyl groups is 1. The highest BCUT2D eigenvalue weighted by atomic mass is 127. The van der Waals surface area contributed by atoms with Gasteiger partial charge in [0.1, 0.15) is 4.11 Å². The summed E-state index contributed by atoms with van der Waals surface area (Å²) >= 11 is 7.94. The Labute approximate surface area is 218 Å². The van der Waals surface area contributed by atoms with Gasteiger partial charge in [0.2, 0.25) is 10.0 Å². The van der Waals surface area contributed by atoms with Crippen molar-refractivity contribution in [1.82, 2.24) is 4.31 Å². The average molecular weight is 604 g/mol. The predicted octanol–water partition coefficient (Wildman–Crippen LogP) is 7.16. The summed E-state index contributed by atoms with van der Waals surface area (Å²) in [6.07, 6.45) is 6.62. The fraction of sp³-hybridized carbons (Fsp3) is 0.462. The highest BCUT2D eigenvalue weighted by Gasteiger charge is 2.35. The van der Waals surface area contributed by atoms with Crippen LogP contribution in [0.5, 0.6) is 0 Å². The van der Waals surface area contributed by atoms with Crippen LogP contribution in [0.2, 0.25) is 5.02 Å². The Kier molecular flexibility index (Phi) is 11.9. The summed E-state index contributed by atoms with van der Waals surface area (Å²) < 4.78 is 28.3. The number of hydrogen-bond donors (Lipinski definition) is 1. The second-order valence-electron chi connectivity index (χ2n) is 8.74. The molecule has 2 unspecified atom stereocenters. The molecule has 182 valence electrons. The van der Waals surface area contributed by atoms with Crippen LogP contribution in [0, 0.1) is 5.92 Å². The lowest BCUT2D eigenvalue weighted by atomic mass is 10.0. The predicted molar refractivity (Wildman–Crippen MR) is 147 cm³/mol. The van der Waals surface area contributed by atoms with E-state index in [-0.39, 0.29) is 17.4 Å². The Balaban J connectivity index is 2.53. The maximum atomic E-state index is 13.8. The quantitative estimate of drug-likeness (QED) is 0.150. The minimum Gasteiger partial charge on any atom is -0.381 e. The fourth-order valence-corrected chi connectivity index (χ4v) is 6.43. The number of benzene rings is 2. The number of alkyl halides is 1. The summed E-state index contributed by atoms with van der Waals surface area (Å²) in [6.45, 7) is 6.48. The third-order valence-corrected chi connectivity index (χ3v) is 8.42. The third kappa shape index (κ3) is 8.98. The number of hydrogen-bond acceptors (Lipinski definition) is 3. The van der Waals surface area contributed by atoms with Crippen molar-refractivity contribution in [2.75, 3.05) is 6.54 Å². The SMILES string of the molecule is CCCCCC(=Cc1ccccc1)CN(C(CC(C)C)C(O)I)S(=O)(=O)c1ccc(Cl)cc1. The van der Waals surface area contributed by atoms with Crippen LogP contribution in [0.15, 0.2) is 65.1 Å². The first-order valence-electron chi connectivity index (χ1n) is 11.5. The van der Waals surface area contributed by atoms with Crippen molar-refractivity contribution in [3.05, 3.63) is 70.8 Å². The molecule has 2 atom stereocenters. The standard InChI is InChI=1S/C26H35ClINO3S/c1-4-5-7-12-22(18-21-10-8-6-9-11-21)19-29(25(26(28)30)17-20(2)3)33(31,32)24-15-13-23(27)14-16-24/h6,8-11,13-16,18,20,25-26,30H,4-5,7,12,17,19H2,1-3H3. The number of sulfonamides is 1. The molecule has 0 heterocycles. The molecule has 33 heavy (non-hydrogen) atoms. The van der Waals surface area contributed by atoms with Gasteiger partial charge in [0.05, 0.1) is 10.9 Å². The zero-order chi connectivity index (χ0) is 24.4. The van der Waals surface area contributed by atoms with Crippen molar-refractivity contribution < 1.29 is 13.5 Å². The van der Waals surface area contributed by atoms with Crippen molar-refractivity contribution in [3.63, 3.8) is 0 Å². The molecule has 0 saturated carbocycles. The van der Waals surface area contributed by atoms with E-state index in [0.29, 0.717) is 11.4 Å². The monoisotopic (exact) mass is 603 g/mol. The van der Waals surface area contributed by atoms with Crippen LogP contribution >= 0.6 is 34.2 Å². The van der Waals surface area contributed by atoms with Crippen LogP contribution in [0.4, 0.5) is 0 Å². The topological polar surface area (TPSA) is 57.6 Å². The summed E-state index contributed by atoms with van der Waals surface area (Å²) in [5.41, 5.74) is 2.08. The minimum atomic E-state index is -3.86. The van der Waals surface area contributed by atoms with Crippen molar-refractivity contribution in [2.24, 2.45) is 5.92 Å². The van der Waals surface area contributed by atoms with Crippen LogP contribution < -0.4 is 0 Å². The number of halogens is 2. The van der Waals surface area contributed by atoms with Crippen LogP contribution in [0.3, 0.4) is 0 Å². The van der Waals surface area contributed by atoms with Gasteiger partial charge in [0.25, 0.3) is 0 Å². The molecule has 0 radical (unpaired) electrons. The molecule has 0 aliphatic rings. The van der Waals surface area contributed by atoms with E-state index in [4.69, 9.17) is 11.6 Å². The van der Waals surface area contributed by atoms with Crippen LogP contribution in [0.25, 0.3) is 6.08 Å². The van der Waals surface area contributed by atoms with Gasteiger partial charge >= 0.3 is 0 Å². The Hall–Kier alpha value is -0.930. The minimum absolute atomic E-state index is 0.185. The largest absolute Gasteiger partial charge is 0.381 e. The smallest absolute Gasteiger partial charge is 0.243 e. The zero-order valence-corrected chi connectivity index (χ0v) is 23.4. The molecule has 4 nitrogen and oxygen atoms in total. The summed E-state index contributed by atoms with van der Waals surface area (Å²) in [7, 11) is -3.86. The number of unbranched alkanes of at least 4 members (excludes halogenated alkanes) is 2. The normalized spacial score (nSPS) is 14.6. The average Bonchev–Trinajstić information content (AvgIpc) is 2.76. The lowest BCUT2D eigenvalue weighted by molar-refractivity contribution is 0.158. The second-order valence-corrected chi connectivity index (χ2v) is 12.3. The molecule has 0 spiro atoms. The molecule has 2 aromatic rings. The van der Waals surface area contributed by atoms with Crippen molar-refractivity contribution >= 4 is 50.3 Å². The molecule has 0 amide bonds. The van der Waals surface area contributed by atoms with Crippen molar-refractivity contribution in [3.8, 4) is 0 Å². The first-order chi connectivity index (χ1) is 15.6. The highest BCUT2D eigenvalue weighted by Crippen LogP contribution is 2.29. The van der Waals surface area contributed by atoms with E-state index < -0.39 is 20.2 Å². The Bertz CT molecular complexity index is 976. The maximum absolute atomic E-state index is 13.8. The first-order valence-corrected chi connectivity index (χ1v) is 14.6. The van der Waals surface area contributed by atoms with E-state index in [0.717, 1.165) is 36.8 Å². The molecule has 2 aromatic carbocycles. The van der Waals surface area contributed by atoms with Gasteiger partial charge in [-0.05, 0) is 77.6 Å². The first kappa shape index (κ1) is 28.3. The van der Waals surface area contributed by atoms with Gasteiger partial charge in [-0.2, -0.15) is 4.31 Å². The number of nitrogens with zero attached hydrogens (tertiary/aromatic N) is 1. The van der Waals surface area contributed by atoms with E-state index in [9.17, 15) is 13.5 Å². The molecule has 1 N–H and O–H groups in total. The van der Waals surface area contributed by atoms with Crippen LogP contribution in [0.1, 0.15) is 58.4 Å². The van der Waals surface area contributed by atoms with Gasteiger partial charge in [-0.3, -0.25) is 0 Å². The molecular formula is C26H35ClINO3S. The zero-order valence-electron chi connectivity index (χ0n) is 19.6. The number of rotatable bonds is 13. The maximum Gasteiger partial charge on any atom is 0.243 e. The molecule has 0 aromatic heterocycles. The lowest BCUT2D eigenvalue weighted by Gasteiger charge is -2.34. The molecule has 0 fully saturated rings. The van der Waals surface area contributed by atoms with E-state index >= 15 is 0 Å². The van der Waals surface area contributed by atoms with Gasteiger partial charge in [-0.15, -0.1) is 0 Å². The lowest BCUT2D eigenvalue weighted by Crippen LogP contribution is -2.46. The molecule has 0 saturated heterocycles. The van der Waals surface area contributed by atoms with E-state index in [1.165, 1.54) is 16.4 Å². The molecule has 0 aliphatic carbocycles. The van der Waals surface area contributed by atoms with Gasteiger partial charge in [0, 0.05) is 11.6 Å². The summed E-state index contributed by atoms with van der Waals surface area (Å²) in [5.74, 6) is 0.226. The molecular weight excluding hydrogens is 569 g/mol. The van der Waals surface area contributed by atoms with Crippen molar-refractivity contribution in [2.45, 2.75) is 67.9 Å². The fourth-order valence-electron chi connectivity index (χ4n) is 3.76. The molecule has 7 heteroatoms. The highest BCUT2D eigenvalue weighted by molar-refractivity contribution is 14.1. The second kappa shape index (κ2) is 13.8. The van der Waals surface area contributed by atoms with E-state index in [2.05, 4.69) is 13.0 Å². The molecule has 0 aliphatic heterocycles. The molecule has 2 rings (SSSR count). The van der Waals surface area contributed by atoms with Gasteiger partial charge in [-0.25, -0.2) is 8.42 Å². The third-order valence-electron chi connectivity index (χ3n) is 5.45. The molecule has 0 bridgehead atoms. The Morgan fingerprint density at radius 2 is 1.73 bits per heavy atom. The Morgan fingerprint density at radius 1 is 1.09 bits per heavy atom. The van der Waals surface area contributed by atoms with Gasteiger partial charge < -0.3 is 5.11 Å². The Morgan fingerprint density at radius 3 is 2.27 bits per heavy atom. The summed E-state index contributed by atoms with van der Waals surface area (Å²) in [6, 6.07) is 15.7. The number of aliphatic hydroxyl groups excluding tert-OH is 1.